The largest absolute Gasteiger partial charge is 0.496 e. The number of methoxy groups -OCH3 is 1. The van der Waals surface area contributed by atoms with Gasteiger partial charge in [0, 0.05) is 12.6 Å². The fourth-order valence-electron chi connectivity index (χ4n) is 2.94. The average Bonchev–Trinajstić information content (AvgIpc) is 2.45. The second-order valence-electron chi connectivity index (χ2n) is 5.48. The zero-order chi connectivity index (χ0) is 13.8. The van der Waals surface area contributed by atoms with Gasteiger partial charge in [-0.05, 0) is 56.0 Å². The van der Waals surface area contributed by atoms with Crippen LogP contribution in [-0.4, -0.2) is 36.3 Å². The molecule has 0 amide bonds. The number of benzene rings is 1. The molecular formula is C16H25NO2. The summed E-state index contributed by atoms with van der Waals surface area (Å²) in [7, 11) is 1.72. The molecule has 1 aliphatic heterocycles. The quantitative estimate of drug-likeness (QED) is 0.906. The van der Waals surface area contributed by atoms with E-state index in [9.17, 15) is 5.11 Å². The molecule has 0 saturated carbocycles. The molecule has 0 aliphatic carbocycles. The number of hydrogen-bond donors (Lipinski definition) is 1. The van der Waals surface area contributed by atoms with Gasteiger partial charge in [0.15, 0.2) is 0 Å². The molecule has 1 aromatic rings. The lowest BCUT2D eigenvalue weighted by Gasteiger charge is -2.35. The number of hydrogen-bond acceptors (Lipinski definition) is 3. The standard InChI is InChI=1S/C16H25NO2/c1-12-13(2)16(19-3)8-7-14(12)10-17-9-5-4-6-15(17)11-18/h7-8,15,18H,4-6,9-11H2,1-3H3/t15-/m1/s1. The summed E-state index contributed by atoms with van der Waals surface area (Å²) in [6, 6.07) is 4.54. The molecule has 0 unspecified atom stereocenters. The fourth-order valence-corrected chi connectivity index (χ4v) is 2.94. The summed E-state index contributed by atoms with van der Waals surface area (Å²) in [6.07, 6.45) is 3.59. The molecule has 0 spiro atoms. The first-order valence-corrected chi connectivity index (χ1v) is 7.15. The highest BCUT2D eigenvalue weighted by Gasteiger charge is 2.22. The van der Waals surface area contributed by atoms with E-state index in [1.165, 1.54) is 29.5 Å². The van der Waals surface area contributed by atoms with Gasteiger partial charge in [0.1, 0.15) is 5.75 Å². The summed E-state index contributed by atoms with van der Waals surface area (Å²) in [5.74, 6) is 0.957. The second-order valence-corrected chi connectivity index (χ2v) is 5.48. The molecule has 19 heavy (non-hydrogen) atoms. The van der Waals surface area contributed by atoms with Crippen LogP contribution in [-0.2, 0) is 6.54 Å². The fraction of sp³-hybridized carbons (Fsp3) is 0.625. The first-order chi connectivity index (χ1) is 9.17. The van der Waals surface area contributed by atoms with E-state index in [-0.39, 0.29) is 6.61 Å². The van der Waals surface area contributed by atoms with Crippen LogP contribution in [0.2, 0.25) is 0 Å². The van der Waals surface area contributed by atoms with E-state index in [1.54, 1.807) is 7.11 Å². The van der Waals surface area contributed by atoms with Crippen LogP contribution in [0.15, 0.2) is 12.1 Å². The highest BCUT2D eigenvalue weighted by atomic mass is 16.5. The molecule has 2 rings (SSSR count). The molecule has 0 bridgehead atoms. The predicted molar refractivity (Wildman–Crippen MR) is 77.6 cm³/mol. The van der Waals surface area contributed by atoms with Crippen LogP contribution in [0.4, 0.5) is 0 Å². The first kappa shape index (κ1) is 14.4. The Hall–Kier alpha value is -1.06. The molecule has 1 N–H and O–H groups in total. The van der Waals surface area contributed by atoms with Crippen molar-refractivity contribution < 1.29 is 9.84 Å². The SMILES string of the molecule is COc1ccc(CN2CCCC[C@@H]2CO)c(C)c1C. The van der Waals surface area contributed by atoms with Crippen LogP contribution in [0.3, 0.4) is 0 Å². The van der Waals surface area contributed by atoms with Gasteiger partial charge in [-0.15, -0.1) is 0 Å². The number of piperidine rings is 1. The van der Waals surface area contributed by atoms with Crippen molar-refractivity contribution >= 4 is 0 Å². The Bertz CT molecular complexity index is 431. The zero-order valence-corrected chi connectivity index (χ0v) is 12.3. The van der Waals surface area contributed by atoms with Gasteiger partial charge >= 0.3 is 0 Å². The lowest BCUT2D eigenvalue weighted by molar-refractivity contribution is 0.0839. The summed E-state index contributed by atoms with van der Waals surface area (Å²) in [5, 5.41) is 9.48. The van der Waals surface area contributed by atoms with Crippen LogP contribution in [0.5, 0.6) is 5.75 Å². The Kier molecular flexibility index (Phi) is 4.83. The third-order valence-electron chi connectivity index (χ3n) is 4.40. The molecule has 1 heterocycles. The van der Waals surface area contributed by atoms with Gasteiger partial charge in [0.05, 0.1) is 13.7 Å². The van der Waals surface area contributed by atoms with Crippen LogP contribution in [0.1, 0.15) is 36.0 Å². The van der Waals surface area contributed by atoms with E-state index in [1.807, 2.05) is 0 Å². The van der Waals surface area contributed by atoms with Gasteiger partial charge in [-0.25, -0.2) is 0 Å². The highest BCUT2D eigenvalue weighted by molar-refractivity contribution is 5.43. The Labute approximate surface area is 116 Å². The van der Waals surface area contributed by atoms with Crippen molar-refractivity contribution in [2.45, 2.75) is 45.7 Å². The summed E-state index contributed by atoms with van der Waals surface area (Å²) in [6.45, 7) is 6.56. The molecule has 1 atom stereocenters. The molecule has 0 aromatic heterocycles. The molecule has 1 saturated heterocycles. The topological polar surface area (TPSA) is 32.7 Å². The van der Waals surface area contributed by atoms with E-state index in [0.717, 1.165) is 25.3 Å². The predicted octanol–water partition coefficient (Wildman–Crippen LogP) is 2.66. The van der Waals surface area contributed by atoms with E-state index >= 15 is 0 Å². The van der Waals surface area contributed by atoms with Crippen molar-refractivity contribution in [1.29, 1.82) is 0 Å². The van der Waals surface area contributed by atoms with Crippen LogP contribution < -0.4 is 4.74 Å². The van der Waals surface area contributed by atoms with Gasteiger partial charge in [-0.3, -0.25) is 4.90 Å². The van der Waals surface area contributed by atoms with Gasteiger partial charge < -0.3 is 9.84 Å². The van der Waals surface area contributed by atoms with E-state index in [0.29, 0.717) is 6.04 Å². The molecule has 1 fully saturated rings. The summed E-state index contributed by atoms with van der Waals surface area (Å²) in [4.78, 5) is 2.41. The lowest BCUT2D eigenvalue weighted by Crippen LogP contribution is -2.41. The van der Waals surface area contributed by atoms with Gasteiger partial charge in [0.25, 0.3) is 0 Å². The number of nitrogens with zero attached hydrogens (tertiary/aromatic N) is 1. The Morgan fingerprint density at radius 3 is 2.74 bits per heavy atom. The molecule has 3 heteroatoms. The van der Waals surface area contributed by atoms with Crippen molar-refractivity contribution in [2.75, 3.05) is 20.3 Å². The maximum atomic E-state index is 9.48. The molecule has 1 aliphatic rings. The first-order valence-electron chi connectivity index (χ1n) is 7.15. The minimum Gasteiger partial charge on any atom is -0.496 e. The van der Waals surface area contributed by atoms with Gasteiger partial charge in [-0.1, -0.05) is 12.5 Å². The second kappa shape index (κ2) is 6.40. The minimum atomic E-state index is 0.272. The van der Waals surface area contributed by atoms with Gasteiger partial charge in [0.2, 0.25) is 0 Å². The number of aliphatic hydroxyl groups excluding tert-OH is 1. The normalized spacial score (nSPS) is 20.5. The number of ether oxygens (including phenoxy) is 1. The smallest absolute Gasteiger partial charge is 0.122 e. The Balaban J connectivity index is 2.16. The maximum absolute atomic E-state index is 9.48. The Morgan fingerprint density at radius 1 is 1.26 bits per heavy atom. The van der Waals surface area contributed by atoms with Crippen molar-refractivity contribution in [3.05, 3.63) is 28.8 Å². The van der Waals surface area contributed by atoms with Crippen molar-refractivity contribution in [1.82, 2.24) is 4.90 Å². The monoisotopic (exact) mass is 263 g/mol. The van der Waals surface area contributed by atoms with E-state index < -0.39 is 0 Å². The minimum absolute atomic E-state index is 0.272. The third-order valence-corrected chi connectivity index (χ3v) is 4.40. The average molecular weight is 263 g/mol. The zero-order valence-electron chi connectivity index (χ0n) is 12.3. The van der Waals surface area contributed by atoms with E-state index in [2.05, 4.69) is 30.9 Å². The maximum Gasteiger partial charge on any atom is 0.122 e. The van der Waals surface area contributed by atoms with Crippen LogP contribution in [0.25, 0.3) is 0 Å². The number of aliphatic hydroxyl groups is 1. The Morgan fingerprint density at radius 2 is 2.05 bits per heavy atom. The van der Waals surface area contributed by atoms with Crippen molar-refractivity contribution in [3.63, 3.8) is 0 Å². The molecule has 106 valence electrons. The number of likely N-dealkylation sites (tertiary alicyclic amines) is 1. The summed E-state index contributed by atoms with van der Waals surface area (Å²) in [5.41, 5.74) is 3.87. The molecule has 1 aromatic carbocycles. The van der Waals surface area contributed by atoms with E-state index in [4.69, 9.17) is 4.74 Å². The third kappa shape index (κ3) is 3.10. The highest BCUT2D eigenvalue weighted by Crippen LogP contribution is 2.26. The van der Waals surface area contributed by atoms with Crippen molar-refractivity contribution in [2.24, 2.45) is 0 Å². The molecular weight excluding hydrogens is 238 g/mol. The summed E-state index contributed by atoms with van der Waals surface area (Å²) >= 11 is 0. The van der Waals surface area contributed by atoms with Crippen LogP contribution in [0, 0.1) is 13.8 Å². The van der Waals surface area contributed by atoms with Crippen LogP contribution >= 0.6 is 0 Å². The number of rotatable bonds is 4. The summed E-state index contributed by atoms with van der Waals surface area (Å²) < 4.78 is 5.36. The lowest BCUT2D eigenvalue weighted by atomic mass is 9.98. The van der Waals surface area contributed by atoms with Gasteiger partial charge in [-0.2, -0.15) is 0 Å². The van der Waals surface area contributed by atoms with Crippen molar-refractivity contribution in [3.8, 4) is 5.75 Å². The molecule has 0 radical (unpaired) electrons. The molecule has 3 nitrogen and oxygen atoms in total.